The second-order valence-electron chi connectivity index (χ2n) is 5.28. The minimum Gasteiger partial charge on any atom is -0.336 e. The Morgan fingerprint density at radius 2 is 2.10 bits per heavy atom. The third kappa shape index (κ3) is 1.68. The summed E-state index contributed by atoms with van der Waals surface area (Å²) in [7, 11) is 0. The molecule has 1 aromatic rings. The van der Waals surface area contributed by atoms with Gasteiger partial charge in [0.2, 0.25) is 0 Å². The molecule has 0 aliphatic carbocycles. The van der Waals surface area contributed by atoms with Crippen molar-refractivity contribution in [1.82, 2.24) is 25.7 Å². The lowest BCUT2D eigenvalue weighted by Gasteiger charge is -2.21. The number of hydrogen-bond donors (Lipinski definition) is 3. The summed E-state index contributed by atoms with van der Waals surface area (Å²) in [6.07, 6.45) is 0.423. The number of urea groups is 1. The molecule has 1 unspecified atom stereocenters. The van der Waals surface area contributed by atoms with E-state index >= 15 is 0 Å². The van der Waals surface area contributed by atoms with Crippen LogP contribution >= 0.6 is 0 Å². The van der Waals surface area contributed by atoms with Gasteiger partial charge in [-0.3, -0.25) is 20.0 Å². The Labute approximate surface area is 114 Å². The first-order valence-corrected chi connectivity index (χ1v) is 6.37. The third-order valence-corrected chi connectivity index (χ3v) is 3.91. The molecule has 0 aromatic carbocycles. The van der Waals surface area contributed by atoms with E-state index in [1.54, 1.807) is 18.7 Å². The van der Waals surface area contributed by atoms with E-state index in [1.807, 2.05) is 0 Å². The van der Waals surface area contributed by atoms with Crippen LogP contribution in [0.3, 0.4) is 0 Å². The Hall–Kier alpha value is -2.38. The van der Waals surface area contributed by atoms with Crippen molar-refractivity contribution in [1.29, 1.82) is 0 Å². The van der Waals surface area contributed by atoms with Crippen molar-refractivity contribution in [2.75, 3.05) is 13.1 Å². The second-order valence-corrected chi connectivity index (χ2v) is 5.28. The van der Waals surface area contributed by atoms with Crippen molar-refractivity contribution in [3.63, 3.8) is 0 Å². The SMILES string of the molecule is Cc1n[nH]c(C)c1C(=O)N1CCC2(C1)NC(=O)NC2=O. The summed E-state index contributed by atoms with van der Waals surface area (Å²) in [6, 6.07) is -0.500. The number of nitrogens with zero attached hydrogens (tertiary/aromatic N) is 2. The normalized spacial score (nSPS) is 25.2. The van der Waals surface area contributed by atoms with Gasteiger partial charge in [-0.05, 0) is 20.3 Å². The Balaban J connectivity index is 1.83. The van der Waals surface area contributed by atoms with Crippen LogP contribution in [0.15, 0.2) is 0 Å². The average Bonchev–Trinajstić information content (AvgIpc) is 3.01. The molecule has 2 saturated heterocycles. The standard InChI is InChI=1S/C12H15N5O3/c1-6-8(7(2)16-15-6)9(18)17-4-3-12(5-17)10(19)13-11(20)14-12/h3-5H2,1-2H3,(H,15,16)(H2,13,14,19,20). The van der Waals surface area contributed by atoms with Gasteiger partial charge in [0.05, 0.1) is 17.8 Å². The van der Waals surface area contributed by atoms with Crippen LogP contribution in [0.5, 0.6) is 0 Å². The number of H-pyrrole nitrogens is 1. The maximum Gasteiger partial charge on any atom is 0.322 e. The summed E-state index contributed by atoms with van der Waals surface area (Å²) < 4.78 is 0. The maximum absolute atomic E-state index is 12.5. The molecule has 20 heavy (non-hydrogen) atoms. The van der Waals surface area contributed by atoms with Gasteiger partial charge in [-0.25, -0.2) is 4.79 Å². The largest absolute Gasteiger partial charge is 0.336 e. The van der Waals surface area contributed by atoms with Crippen LogP contribution in [0.1, 0.15) is 28.2 Å². The summed E-state index contributed by atoms with van der Waals surface area (Å²) >= 11 is 0. The Kier molecular flexibility index (Phi) is 2.56. The Bertz CT molecular complexity index is 603. The van der Waals surface area contributed by atoms with E-state index in [-0.39, 0.29) is 18.4 Å². The topological polar surface area (TPSA) is 107 Å². The lowest BCUT2D eigenvalue weighted by Crippen LogP contribution is -2.49. The van der Waals surface area contributed by atoms with Crippen molar-refractivity contribution in [2.45, 2.75) is 25.8 Å². The Morgan fingerprint density at radius 3 is 2.65 bits per heavy atom. The highest BCUT2D eigenvalue weighted by Gasteiger charge is 2.51. The van der Waals surface area contributed by atoms with Gasteiger partial charge in [0.25, 0.3) is 11.8 Å². The number of rotatable bonds is 1. The molecule has 0 bridgehead atoms. The molecule has 106 valence electrons. The van der Waals surface area contributed by atoms with Gasteiger partial charge in [0, 0.05) is 12.2 Å². The fourth-order valence-electron chi connectivity index (χ4n) is 2.82. The first-order valence-electron chi connectivity index (χ1n) is 6.37. The monoisotopic (exact) mass is 277 g/mol. The van der Waals surface area contributed by atoms with Gasteiger partial charge < -0.3 is 10.2 Å². The zero-order chi connectivity index (χ0) is 14.5. The molecule has 2 aliphatic rings. The molecule has 0 saturated carbocycles. The third-order valence-electron chi connectivity index (χ3n) is 3.91. The summed E-state index contributed by atoms with van der Waals surface area (Å²) in [5.41, 5.74) is 0.895. The van der Waals surface area contributed by atoms with E-state index in [0.717, 1.165) is 0 Å². The first-order chi connectivity index (χ1) is 9.43. The molecule has 3 N–H and O–H groups in total. The molecule has 8 heteroatoms. The van der Waals surface area contributed by atoms with Crippen LogP contribution in [0.25, 0.3) is 0 Å². The smallest absolute Gasteiger partial charge is 0.322 e. The predicted molar refractivity (Wildman–Crippen MR) is 68.0 cm³/mol. The zero-order valence-electron chi connectivity index (χ0n) is 11.2. The first kappa shape index (κ1) is 12.6. The van der Waals surface area contributed by atoms with Gasteiger partial charge in [-0.2, -0.15) is 5.10 Å². The van der Waals surface area contributed by atoms with Crippen LogP contribution in [0.4, 0.5) is 4.79 Å². The Morgan fingerprint density at radius 1 is 1.35 bits per heavy atom. The minimum absolute atomic E-state index is 0.167. The molecular weight excluding hydrogens is 262 g/mol. The number of carbonyl (C=O) groups excluding carboxylic acids is 3. The van der Waals surface area contributed by atoms with E-state index in [2.05, 4.69) is 20.8 Å². The summed E-state index contributed by atoms with van der Waals surface area (Å²) in [5.74, 6) is -0.530. The van der Waals surface area contributed by atoms with Crippen LogP contribution in [0, 0.1) is 13.8 Å². The van der Waals surface area contributed by atoms with Crippen molar-refractivity contribution in [2.24, 2.45) is 0 Å². The number of aromatic amines is 1. The van der Waals surface area contributed by atoms with Gasteiger partial charge in [0.15, 0.2) is 0 Å². The molecule has 1 atom stereocenters. The van der Waals surface area contributed by atoms with Crippen molar-refractivity contribution < 1.29 is 14.4 Å². The number of aromatic nitrogens is 2. The van der Waals surface area contributed by atoms with Crippen molar-refractivity contribution in [3.05, 3.63) is 17.0 Å². The number of amides is 4. The van der Waals surface area contributed by atoms with E-state index in [4.69, 9.17) is 0 Å². The number of carbonyl (C=O) groups is 3. The molecule has 2 aliphatic heterocycles. The number of hydrogen-bond acceptors (Lipinski definition) is 4. The van der Waals surface area contributed by atoms with Crippen LogP contribution in [-0.4, -0.2) is 51.6 Å². The van der Waals surface area contributed by atoms with Crippen LogP contribution < -0.4 is 10.6 Å². The van der Waals surface area contributed by atoms with Crippen LogP contribution in [-0.2, 0) is 4.79 Å². The number of aryl methyl sites for hydroxylation is 2. The maximum atomic E-state index is 12.5. The van der Waals surface area contributed by atoms with Crippen molar-refractivity contribution in [3.8, 4) is 0 Å². The summed E-state index contributed by atoms with van der Waals surface area (Å²) in [5, 5.41) is 11.6. The molecular formula is C12H15N5O3. The summed E-state index contributed by atoms with van der Waals surface area (Å²) in [4.78, 5) is 37.2. The summed E-state index contributed by atoms with van der Waals surface area (Å²) in [6.45, 7) is 4.15. The van der Waals surface area contributed by atoms with Crippen LogP contribution in [0.2, 0.25) is 0 Å². The molecule has 1 aromatic heterocycles. The van der Waals surface area contributed by atoms with E-state index < -0.39 is 11.6 Å². The number of nitrogens with one attached hydrogen (secondary N) is 3. The van der Waals surface area contributed by atoms with Gasteiger partial charge in [-0.1, -0.05) is 0 Å². The molecule has 3 heterocycles. The minimum atomic E-state index is -0.974. The highest BCUT2D eigenvalue weighted by molar-refractivity contribution is 6.08. The fraction of sp³-hybridized carbons (Fsp3) is 0.500. The lowest BCUT2D eigenvalue weighted by molar-refractivity contribution is -0.123. The molecule has 3 rings (SSSR count). The van der Waals surface area contributed by atoms with Crippen molar-refractivity contribution >= 4 is 17.8 Å². The highest BCUT2D eigenvalue weighted by Crippen LogP contribution is 2.26. The van der Waals surface area contributed by atoms with Gasteiger partial charge >= 0.3 is 6.03 Å². The second kappa shape index (κ2) is 4.06. The molecule has 4 amide bonds. The van der Waals surface area contributed by atoms with Gasteiger partial charge in [-0.15, -0.1) is 0 Å². The lowest BCUT2D eigenvalue weighted by atomic mass is 9.99. The predicted octanol–water partition coefficient (Wildman–Crippen LogP) is -0.549. The van der Waals surface area contributed by atoms with E-state index in [1.165, 1.54) is 0 Å². The molecule has 1 spiro atoms. The number of likely N-dealkylation sites (tertiary alicyclic amines) is 1. The quantitative estimate of drug-likeness (QED) is 0.599. The number of imide groups is 1. The zero-order valence-corrected chi connectivity index (χ0v) is 11.2. The van der Waals surface area contributed by atoms with E-state index in [9.17, 15) is 14.4 Å². The highest BCUT2D eigenvalue weighted by atomic mass is 16.2. The molecule has 2 fully saturated rings. The fourth-order valence-corrected chi connectivity index (χ4v) is 2.82. The average molecular weight is 277 g/mol. The molecule has 0 radical (unpaired) electrons. The van der Waals surface area contributed by atoms with E-state index in [0.29, 0.717) is 29.9 Å². The molecule has 8 nitrogen and oxygen atoms in total. The van der Waals surface area contributed by atoms with Gasteiger partial charge in [0.1, 0.15) is 5.54 Å².